The quantitative estimate of drug-likeness (QED) is 0.0912. The van der Waals surface area contributed by atoms with Crippen LogP contribution in [0.15, 0.2) is 164 Å². The number of ether oxygens (including phenoxy) is 3. The Morgan fingerprint density at radius 1 is 0.409 bits per heavy atom. The Kier molecular flexibility index (Phi) is 34.5. The van der Waals surface area contributed by atoms with E-state index in [1.54, 1.807) is 26.4 Å². The zero-order valence-corrected chi connectivity index (χ0v) is 38.4. The number of esters is 1. The number of benzene rings is 6. The molecular formula is C58H80O8. The lowest BCUT2D eigenvalue weighted by Crippen LogP contribution is -2.19. The van der Waals surface area contributed by atoms with Gasteiger partial charge in [-0.05, 0) is 105 Å². The maximum Gasteiger partial charge on any atom is 0.308 e. The van der Waals surface area contributed by atoms with Crippen LogP contribution in [0.3, 0.4) is 0 Å². The van der Waals surface area contributed by atoms with E-state index in [2.05, 4.69) is 39.8 Å². The van der Waals surface area contributed by atoms with Gasteiger partial charge in [-0.15, -0.1) is 0 Å². The standard InChI is InChI=1S/2C18H20O3.2C6H6.2C3H6O.4CH4/c1-13(19)21-17-11-7-15(8-12-17)18(2,3)14-5-9-16(20-4)10-6-14;1-12(19)16-10-7-14(11-17(16)20)18(2,3)13-5-8-15(21-4)9-6-13;2*1-2-4-6-5-3-1;2*1-3(2)4;;;;/h5-12H,1-4H3;5-11,20H,1-4H3;2*1-6H;2*1-2H3;4*1H4. The highest BCUT2D eigenvalue weighted by Crippen LogP contribution is 2.35. The van der Waals surface area contributed by atoms with E-state index < -0.39 is 0 Å². The molecule has 1 N–H and O–H groups in total. The van der Waals surface area contributed by atoms with Crippen LogP contribution >= 0.6 is 0 Å². The summed E-state index contributed by atoms with van der Waals surface area (Å²) in [6.07, 6.45) is 0. The minimum atomic E-state index is -0.308. The molecule has 6 rings (SSSR count). The highest BCUT2D eigenvalue weighted by Gasteiger charge is 2.25. The molecule has 0 atom stereocenters. The van der Waals surface area contributed by atoms with Gasteiger partial charge in [0, 0.05) is 17.8 Å². The topological polar surface area (TPSA) is 116 Å². The van der Waals surface area contributed by atoms with Crippen molar-refractivity contribution in [3.05, 3.63) is 192 Å². The summed E-state index contributed by atoms with van der Waals surface area (Å²) in [6.45, 7) is 17.4. The van der Waals surface area contributed by atoms with E-state index in [1.165, 1.54) is 47.1 Å². The number of aromatic hydroxyl groups is 1. The summed E-state index contributed by atoms with van der Waals surface area (Å²) in [5.74, 6) is 2.14. The van der Waals surface area contributed by atoms with E-state index in [0.717, 1.165) is 28.2 Å². The van der Waals surface area contributed by atoms with E-state index in [0.29, 0.717) is 11.3 Å². The zero-order valence-electron chi connectivity index (χ0n) is 38.4. The molecule has 0 amide bonds. The van der Waals surface area contributed by atoms with Crippen LogP contribution in [-0.2, 0) is 25.2 Å². The lowest BCUT2D eigenvalue weighted by atomic mass is 9.77. The molecule has 8 nitrogen and oxygen atoms in total. The fraction of sp³-hybridized carbons (Fsp3) is 0.310. The molecule has 0 spiro atoms. The molecule has 6 aromatic carbocycles. The maximum atomic E-state index is 11.4. The molecule has 0 saturated carbocycles. The Labute approximate surface area is 399 Å². The van der Waals surface area contributed by atoms with E-state index in [9.17, 15) is 24.3 Å². The van der Waals surface area contributed by atoms with E-state index in [4.69, 9.17) is 14.2 Å². The van der Waals surface area contributed by atoms with Gasteiger partial charge in [0.2, 0.25) is 0 Å². The minimum Gasteiger partial charge on any atom is -0.507 e. The Hall–Kier alpha value is -6.80. The van der Waals surface area contributed by atoms with Gasteiger partial charge in [0.1, 0.15) is 34.6 Å². The van der Waals surface area contributed by atoms with Crippen molar-refractivity contribution in [2.75, 3.05) is 14.2 Å². The van der Waals surface area contributed by atoms with Crippen LogP contribution in [0.4, 0.5) is 0 Å². The molecule has 0 unspecified atom stereocenters. The lowest BCUT2D eigenvalue weighted by Gasteiger charge is -2.26. The van der Waals surface area contributed by atoms with Gasteiger partial charge >= 0.3 is 5.97 Å². The first kappa shape index (κ1) is 65.8. The predicted molar refractivity (Wildman–Crippen MR) is 279 cm³/mol. The normalized spacial score (nSPS) is 9.33. The average molecular weight is 905 g/mol. The van der Waals surface area contributed by atoms with Gasteiger partial charge < -0.3 is 28.9 Å². The fourth-order valence-electron chi connectivity index (χ4n) is 5.44. The third kappa shape index (κ3) is 25.5. The number of methoxy groups -OCH3 is 2. The van der Waals surface area contributed by atoms with Crippen LogP contribution < -0.4 is 14.2 Å². The second kappa shape index (κ2) is 34.6. The van der Waals surface area contributed by atoms with Crippen molar-refractivity contribution in [1.29, 1.82) is 0 Å². The molecule has 0 aliphatic rings. The van der Waals surface area contributed by atoms with Crippen molar-refractivity contribution in [2.45, 2.75) is 110 Å². The molecule has 66 heavy (non-hydrogen) atoms. The number of ketones is 3. The van der Waals surface area contributed by atoms with Crippen LogP contribution in [0, 0.1) is 0 Å². The molecule has 0 aliphatic heterocycles. The van der Waals surface area contributed by atoms with Gasteiger partial charge in [-0.2, -0.15) is 0 Å². The summed E-state index contributed by atoms with van der Waals surface area (Å²) in [5.41, 5.74) is 4.35. The Morgan fingerprint density at radius 3 is 0.879 bits per heavy atom. The Balaban J connectivity index is -0.000000395. The number of hydrogen-bond acceptors (Lipinski definition) is 8. The molecule has 0 saturated heterocycles. The predicted octanol–water partition coefficient (Wildman–Crippen LogP) is 15.0. The van der Waals surface area contributed by atoms with Crippen molar-refractivity contribution in [3.63, 3.8) is 0 Å². The Morgan fingerprint density at radius 2 is 0.652 bits per heavy atom. The van der Waals surface area contributed by atoms with Crippen LogP contribution in [-0.4, -0.2) is 42.6 Å². The maximum absolute atomic E-state index is 11.4. The summed E-state index contributed by atoms with van der Waals surface area (Å²) >= 11 is 0. The number of Topliss-reactive ketones (excluding diaryl/α,β-unsaturated/α-hetero) is 3. The van der Waals surface area contributed by atoms with Gasteiger partial charge in [0.15, 0.2) is 5.78 Å². The molecule has 0 bridgehead atoms. The van der Waals surface area contributed by atoms with Crippen molar-refractivity contribution < 1.29 is 38.5 Å². The first-order valence-electron chi connectivity index (χ1n) is 20.1. The molecule has 0 aromatic heterocycles. The number of carbonyl (C=O) groups excluding carboxylic acids is 4. The van der Waals surface area contributed by atoms with Crippen LogP contribution in [0.1, 0.15) is 132 Å². The molecule has 6 aromatic rings. The minimum absolute atomic E-state index is 0. The average Bonchev–Trinajstić information content (AvgIpc) is 3.25. The molecule has 0 aliphatic carbocycles. The highest BCUT2D eigenvalue weighted by molar-refractivity contribution is 5.96. The molecule has 0 heterocycles. The van der Waals surface area contributed by atoms with Crippen LogP contribution in [0.25, 0.3) is 0 Å². The van der Waals surface area contributed by atoms with E-state index >= 15 is 0 Å². The molecule has 360 valence electrons. The smallest absolute Gasteiger partial charge is 0.308 e. The second-order valence-corrected chi connectivity index (χ2v) is 15.2. The zero-order chi connectivity index (χ0) is 46.7. The SMILES string of the molecule is C.C.C.C.CC(C)=O.CC(C)=O.COc1ccc(C(C)(C)c2ccc(C(C)=O)c(O)c2)cc1.COc1ccc(C(C)(C)c2ccc(OC(C)=O)cc2)cc1.c1ccccc1.c1ccccc1. The van der Waals surface area contributed by atoms with Crippen molar-refractivity contribution in [2.24, 2.45) is 0 Å². The van der Waals surface area contributed by atoms with Crippen molar-refractivity contribution in [3.8, 4) is 23.0 Å². The first-order chi connectivity index (χ1) is 29.3. The largest absolute Gasteiger partial charge is 0.507 e. The van der Waals surface area contributed by atoms with Gasteiger partial charge in [-0.3, -0.25) is 9.59 Å². The molecule has 8 heteroatoms. The van der Waals surface area contributed by atoms with Gasteiger partial charge in [-0.25, -0.2) is 0 Å². The summed E-state index contributed by atoms with van der Waals surface area (Å²) < 4.78 is 15.4. The van der Waals surface area contributed by atoms with Crippen LogP contribution in [0.2, 0.25) is 0 Å². The van der Waals surface area contributed by atoms with Crippen LogP contribution in [0.5, 0.6) is 23.0 Å². The monoisotopic (exact) mass is 905 g/mol. The number of carbonyl (C=O) groups is 4. The highest BCUT2D eigenvalue weighted by atomic mass is 16.5. The Bertz CT molecular complexity index is 2090. The summed E-state index contributed by atoms with van der Waals surface area (Å²) in [7, 11) is 3.30. The van der Waals surface area contributed by atoms with E-state index in [1.807, 2.05) is 140 Å². The van der Waals surface area contributed by atoms with Crippen molar-refractivity contribution >= 4 is 23.3 Å². The van der Waals surface area contributed by atoms with Crippen molar-refractivity contribution in [1.82, 2.24) is 0 Å². The summed E-state index contributed by atoms with van der Waals surface area (Å²) in [6, 6.07) is 52.8. The third-order valence-corrected chi connectivity index (χ3v) is 8.89. The summed E-state index contributed by atoms with van der Waals surface area (Å²) in [4.78, 5) is 41.2. The van der Waals surface area contributed by atoms with Gasteiger partial charge in [-0.1, -0.05) is 173 Å². The van der Waals surface area contributed by atoms with Gasteiger partial charge in [0.05, 0.1) is 19.8 Å². The third-order valence-electron chi connectivity index (χ3n) is 8.89. The molecule has 0 fully saturated rings. The first-order valence-corrected chi connectivity index (χ1v) is 20.1. The molecular weight excluding hydrogens is 825 g/mol. The number of phenols is 1. The van der Waals surface area contributed by atoms with Gasteiger partial charge in [0.25, 0.3) is 0 Å². The number of phenolic OH excluding ortho intramolecular Hbond substituents is 1. The number of rotatable bonds is 8. The second-order valence-electron chi connectivity index (χ2n) is 15.2. The lowest BCUT2D eigenvalue weighted by molar-refractivity contribution is -0.132. The van der Waals surface area contributed by atoms with E-state index in [-0.39, 0.29) is 69.6 Å². The fourth-order valence-corrected chi connectivity index (χ4v) is 5.44. The number of hydrogen-bond donors (Lipinski definition) is 1. The summed E-state index contributed by atoms with van der Waals surface area (Å²) in [5, 5.41) is 10.0. The molecule has 0 radical (unpaired) electrons.